The Morgan fingerprint density at radius 3 is 1.63 bits per heavy atom. The molecule has 3 aromatic rings. The molecule has 0 aliphatic rings. The summed E-state index contributed by atoms with van der Waals surface area (Å²) >= 11 is 36.4. The Kier molecular flexibility index (Phi) is 6.06. The first kappa shape index (κ1) is 20.5. The molecular formula is C17H6Cl6N2O2. The summed E-state index contributed by atoms with van der Waals surface area (Å²) in [5.41, 5.74) is 1.58. The van der Waals surface area contributed by atoms with Gasteiger partial charge in [-0.1, -0.05) is 69.6 Å². The van der Waals surface area contributed by atoms with Crippen LogP contribution in [0.2, 0.25) is 30.1 Å². The van der Waals surface area contributed by atoms with E-state index in [1.54, 1.807) is 24.3 Å². The zero-order valence-electron chi connectivity index (χ0n) is 12.9. The Bertz CT molecular complexity index is 1040. The number of pyridine rings is 1. The molecule has 0 aliphatic heterocycles. The van der Waals surface area contributed by atoms with Crippen LogP contribution in [0.15, 0.2) is 36.5 Å². The summed E-state index contributed by atoms with van der Waals surface area (Å²) in [6.45, 7) is 0. The molecule has 0 amide bonds. The normalized spacial score (nSPS) is 10.9. The maximum Gasteiger partial charge on any atom is 0.288 e. The fourth-order valence-corrected chi connectivity index (χ4v) is 3.60. The SMILES string of the molecule is O=[N+]([O-])c1cnc(-c2cc(Cl)c(Cl)c(Cl)c2)c(-c2cc(Cl)c(Cl)c(Cl)c2)c1. The van der Waals surface area contributed by atoms with Crippen molar-refractivity contribution in [1.82, 2.24) is 4.98 Å². The van der Waals surface area contributed by atoms with Crippen LogP contribution in [-0.4, -0.2) is 9.91 Å². The van der Waals surface area contributed by atoms with Crippen molar-refractivity contribution in [2.24, 2.45) is 0 Å². The molecule has 10 heteroatoms. The first-order valence-electron chi connectivity index (χ1n) is 7.13. The summed E-state index contributed by atoms with van der Waals surface area (Å²) in [7, 11) is 0. The van der Waals surface area contributed by atoms with Gasteiger partial charge < -0.3 is 0 Å². The fourth-order valence-electron chi connectivity index (χ4n) is 2.41. The zero-order chi connectivity index (χ0) is 19.9. The Hall–Kier alpha value is -1.27. The molecule has 1 heterocycles. The predicted octanol–water partition coefficient (Wildman–Crippen LogP) is 8.24. The molecule has 0 spiro atoms. The largest absolute Gasteiger partial charge is 0.288 e. The van der Waals surface area contributed by atoms with Crippen molar-refractivity contribution in [3.8, 4) is 22.4 Å². The Morgan fingerprint density at radius 2 is 1.19 bits per heavy atom. The molecule has 0 fully saturated rings. The second-order valence-corrected chi connectivity index (χ2v) is 7.74. The van der Waals surface area contributed by atoms with Gasteiger partial charge in [-0.2, -0.15) is 0 Å². The molecule has 0 N–H and O–H groups in total. The van der Waals surface area contributed by atoms with E-state index in [-0.39, 0.29) is 35.8 Å². The number of nitro groups is 1. The highest BCUT2D eigenvalue weighted by molar-refractivity contribution is 6.49. The summed E-state index contributed by atoms with van der Waals surface area (Å²) in [5.74, 6) is 0. The average Bonchev–Trinajstić information content (AvgIpc) is 2.62. The van der Waals surface area contributed by atoms with E-state index in [0.29, 0.717) is 22.4 Å². The van der Waals surface area contributed by atoms with Gasteiger partial charge in [-0.3, -0.25) is 10.1 Å². The monoisotopic (exact) mass is 480 g/mol. The van der Waals surface area contributed by atoms with Gasteiger partial charge >= 0.3 is 0 Å². The first-order valence-corrected chi connectivity index (χ1v) is 9.40. The Morgan fingerprint density at radius 1 is 0.741 bits per heavy atom. The molecule has 2 aromatic carbocycles. The van der Waals surface area contributed by atoms with E-state index in [1.807, 2.05) is 0 Å². The Balaban J connectivity index is 2.32. The van der Waals surface area contributed by atoms with Crippen LogP contribution in [0.3, 0.4) is 0 Å². The highest BCUT2D eigenvalue weighted by Gasteiger charge is 2.19. The molecule has 4 nitrogen and oxygen atoms in total. The molecule has 0 radical (unpaired) electrons. The highest BCUT2D eigenvalue weighted by Crippen LogP contribution is 2.41. The molecule has 27 heavy (non-hydrogen) atoms. The van der Waals surface area contributed by atoms with Gasteiger partial charge in [0.25, 0.3) is 5.69 Å². The van der Waals surface area contributed by atoms with E-state index in [0.717, 1.165) is 6.20 Å². The van der Waals surface area contributed by atoms with Gasteiger partial charge in [-0.25, -0.2) is 4.98 Å². The molecular weight excluding hydrogens is 477 g/mol. The van der Waals surface area contributed by atoms with Crippen LogP contribution in [0.1, 0.15) is 0 Å². The molecule has 0 bridgehead atoms. The van der Waals surface area contributed by atoms with E-state index in [9.17, 15) is 10.1 Å². The topological polar surface area (TPSA) is 56.0 Å². The van der Waals surface area contributed by atoms with Gasteiger partial charge in [0.1, 0.15) is 6.20 Å². The van der Waals surface area contributed by atoms with Crippen molar-refractivity contribution in [2.75, 3.05) is 0 Å². The van der Waals surface area contributed by atoms with Crippen LogP contribution in [0.25, 0.3) is 22.4 Å². The lowest BCUT2D eigenvalue weighted by Crippen LogP contribution is -1.95. The summed E-state index contributed by atoms with van der Waals surface area (Å²) in [4.78, 5) is 14.9. The van der Waals surface area contributed by atoms with Crippen molar-refractivity contribution in [2.45, 2.75) is 0 Å². The van der Waals surface area contributed by atoms with Gasteiger partial charge in [-0.05, 0) is 29.8 Å². The molecule has 0 saturated heterocycles. The van der Waals surface area contributed by atoms with E-state index >= 15 is 0 Å². The number of benzene rings is 2. The summed E-state index contributed by atoms with van der Waals surface area (Å²) in [6, 6.07) is 7.56. The van der Waals surface area contributed by atoms with Crippen LogP contribution in [0.4, 0.5) is 5.69 Å². The van der Waals surface area contributed by atoms with E-state index < -0.39 is 4.92 Å². The fraction of sp³-hybridized carbons (Fsp3) is 0. The number of hydrogen-bond acceptors (Lipinski definition) is 3. The summed E-state index contributed by atoms with van der Waals surface area (Å²) < 4.78 is 0. The molecule has 0 atom stereocenters. The number of halogens is 6. The van der Waals surface area contributed by atoms with E-state index in [1.165, 1.54) is 6.07 Å². The lowest BCUT2D eigenvalue weighted by Gasteiger charge is -2.12. The zero-order valence-corrected chi connectivity index (χ0v) is 17.5. The minimum Gasteiger partial charge on any atom is -0.258 e. The lowest BCUT2D eigenvalue weighted by molar-refractivity contribution is -0.385. The summed E-state index contributed by atoms with van der Waals surface area (Å²) in [6.07, 6.45) is 1.13. The van der Waals surface area contributed by atoms with Crippen molar-refractivity contribution in [3.63, 3.8) is 0 Å². The second-order valence-electron chi connectivity index (χ2n) is 5.35. The van der Waals surface area contributed by atoms with Gasteiger partial charge in [-0.15, -0.1) is 0 Å². The second kappa shape index (κ2) is 8.00. The third-order valence-electron chi connectivity index (χ3n) is 3.64. The molecule has 3 rings (SSSR count). The van der Waals surface area contributed by atoms with Crippen molar-refractivity contribution in [3.05, 3.63) is 76.8 Å². The van der Waals surface area contributed by atoms with Crippen molar-refractivity contribution < 1.29 is 4.92 Å². The van der Waals surface area contributed by atoms with Crippen LogP contribution >= 0.6 is 69.6 Å². The standard InChI is InChI=1S/C17H6Cl6N2O2/c18-11-1-7(2-12(19)15(11)22)10-5-9(25(26)27)6-24-17(10)8-3-13(20)16(23)14(21)4-8/h1-6H. The number of hydrogen-bond donors (Lipinski definition) is 0. The van der Waals surface area contributed by atoms with Gasteiger partial charge in [0, 0.05) is 17.2 Å². The third kappa shape index (κ3) is 4.11. The molecule has 1 aromatic heterocycles. The van der Waals surface area contributed by atoms with Crippen molar-refractivity contribution in [1.29, 1.82) is 0 Å². The summed E-state index contributed by atoms with van der Waals surface area (Å²) in [5, 5.41) is 12.4. The average molecular weight is 483 g/mol. The molecule has 0 unspecified atom stereocenters. The predicted molar refractivity (Wildman–Crippen MR) is 112 cm³/mol. The maximum absolute atomic E-state index is 11.2. The van der Waals surface area contributed by atoms with E-state index in [4.69, 9.17) is 69.6 Å². The van der Waals surface area contributed by atoms with Gasteiger partial charge in [0.2, 0.25) is 0 Å². The minimum atomic E-state index is -0.554. The number of rotatable bonds is 3. The van der Waals surface area contributed by atoms with Crippen molar-refractivity contribution >= 4 is 75.3 Å². The third-order valence-corrected chi connectivity index (χ3v) is 6.03. The van der Waals surface area contributed by atoms with Crippen LogP contribution in [0, 0.1) is 10.1 Å². The first-order chi connectivity index (χ1) is 12.7. The quantitative estimate of drug-likeness (QED) is 0.214. The molecule has 138 valence electrons. The molecule has 0 aliphatic carbocycles. The smallest absolute Gasteiger partial charge is 0.258 e. The van der Waals surface area contributed by atoms with Crippen LogP contribution in [0.5, 0.6) is 0 Å². The van der Waals surface area contributed by atoms with Gasteiger partial charge in [0.15, 0.2) is 0 Å². The minimum absolute atomic E-state index is 0.180. The van der Waals surface area contributed by atoms with Crippen LogP contribution < -0.4 is 0 Å². The lowest BCUT2D eigenvalue weighted by atomic mass is 9.99. The highest BCUT2D eigenvalue weighted by atomic mass is 35.5. The van der Waals surface area contributed by atoms with Gasteiger partial charge in [0.05, 0.1) is 40.8 Å². The van der Waals surface area contributed by atoms with Crippen LogP contribution in [-0.2, 0) is 0 Å². The maximum atomic E-state index is 11.2. The number of nitrogens with zero attached hydrogens (tertiary/aromatic N) is 2. The Labute approximate surface area is 183 Å². The molecule has 0 saturated carbocycles. The van der Waals surface area contributed by atoms with E-state index in [2.05, 4.69) is 4.98 Å². The number of aromatic nitrogens is 1.